The van der Waals surface area contributed by atoms with Gasteiger partial charge in [-0.05, 0) is 24.0 Å². The summed E-state index contributed by atoms with van der Waals surface area (Å²) in [5, 5.41) is 3.22. The van der Waals surface area contributed by atoms with Gasteiger partial charge in [0, 0.05) is 34.6 Å². The first-order valence-electron chi connectivity index (χ1n) is 9.13. The summed E-state index contributed by atoms with van der Waals surface area (Å²) >= 11 is 1.62. The molecular formula is C22H17N3O3S. The molecule has 0 spiro atoms. The molecular weight excluding hydrogens is 386 g/mol. The predicted octanol–water partition coefficient (Wildman–Crippen LogP) is 2.96. The number of nitrogens with one attached hydrogen (secondary N) is 2. The summed E-state index contributed by atoms with van der Waals surface area (Å²) < 4.78 is 1.38. The first-order valence-corrected chi connectivity index (χ1v) is 10.4. The number of H-pyrrole nitrogens is 1. The van der Waals surface area contributed by atoms with Crippen LogP contribution in [-0.2, 0) is 7.05 Å². The Kier molecular flexibility index (Phi) is 3.89. The maximum atomic E-state index is 13.3. The summed E-state index contributed by atoms with van der Waals surface area (Å²) in [6.45, 7) is 0. The summed E-state index contributed by atoms with van der Waals surface area (Å²) in [6, 6.07) is 15.2. The highest BCUT2D eigenvalue weighted by Gasteiger charge is 2.42. The molecule has 7 heteroatoms. The molecule has 0 radical (unpaired) electrons. The number of ketones is 1. The van der Waals surface area contributed by atoms with Crippen molar-refractivity contribution in [2.45, 2.75) is 10.8 Å². The molecule has 0 saturated heterocycles. The van der Waals surface area contributed by atoms with Gasteiger partial charge in [0.25, 0.3) is 5.56 Å². The van der Waals surface area contributed by atoms with Crippen LogP contribution in [0.15, 0.2) is 68.6 Å². The summed E-state index contributed by atoms with van der Waals surface area (Å²) in [5.41, 5.74) is 2.83. The number of benzene rings is 2. The molecule has 0 fully saturated rings. The molecule has 5 rings (SSSR count). The Balaban J connectivity index is 1.83. The highest BCUT2D eigenvalue weighted by Crippen LogP contribution is 2.47. The number of fused-ring (bicyclic) bond motifs is 3. The molecule has 2 heterocycles. The topological polar surface area (TPSA) is 84.0 Å². The van der Waals surface area contributed by atoms with Gasteiger partial charge in [-0.1, -0.05) is 36.4 Å². The molecule has 1 atom stereocenters. The molecule has 6 nitrogen and oxygen atoms in total. The SMILES string of the molecule is CSc1ccc(C2C3=C(Nc4c2c(=O)[nH]c(=O)n4C)c2ccccc2C3=O)cc1. The Morgan fingerprint density at radius 2 is 1.66 bits per heavy atom. The summed E-state index contributed by atoms with van der Waals surface area (Å²) in [6.07, 6.45) is 1.99. The number of carbonyl (C=O) groups is 1. The fraction of sp³-hybridized carbons (Fsp3) is 0.136. The molecule has 0 bridgehead atoms. The van der Waals surface area contributed by atoms with E-state index in [0.717, 1.165) is 16.0 Å². The van der Waals surface area contributed by atoms with Crippen LogP contribution in [0, 0.1) is 0 Å². The molecule has 1 unspecified atom stereocenters. The number of nitrogens with zero attached hydrogens (tertiary/aromatic N) is 1. The Bertz CT molecular complexity index is 1330. The average molecular weight is 403 g/mol. The van der Waals surface area contributed by atoms with E-state index >= 15 is 0 Å². The fourth-order valence-electron chi connectivity index (χ4n) is 4.16. The molecule has 2 aromatic carbocycles. The number of allylic oxidation sites excluding steroid dienone is 1. The van der Waals surface area contributed by atoms with Crippen LogP contribution in [0.3, 0.4) is 0 Å². The van der Waals surface area contributed by atoms with Crippen LogP contribution in [0.5, 0.6) is 0 Å². The number of hydrogen-bond acceptors (Lipinski definition) is 5. The van der Waals surface area contributed by atoms with E-state index in [9.17, 15) is 14.4 Å². The van der Waals surface area contributed by atoms with Crippen molar-refractivity contribution >= 4 is 29.1 Å². The van der Waals surface area contributed by atoms with Crippen LogP contribution in [0.25, 0.3) is 5.70 Å². The maximum Gasteiger partial charge on any atom is 0.329 e. The molecule has 144 valence electrons. The number of aromatic nitrogens is 2. The molecule has 1 aromatic heterocycles. The van der Waals surface area contributed by atoms with Gasteiger partial charge in [0.15, 0.2) is 5.78 Å². The van der Waals surface area contributed by atoms with Gasteiger partial charge in [0.1, 0.15) is 5.82 Å². The highest BCUT2D eigenvalue weighted by molar-refractivity contribution is 7.98. The first kappa shape index (κ1) is 17.8. The van der Waals surface area contributed by atoms with Crippen LogP contribution in [0.2, 0.25) is 0 Å². The Morgan fingerprint density at radius 3 is 2.34 bits per heavy atom. The van der Waals surface area contributed by atoms with E-state index in [-0.39, 0.29) is 5.78 Å². The lowest BCUT2D eigenvalue weighted by Crippen LogP contribution is -2.37. The van der Waals surface area contributed by atoms with E-state index in [2.05, 4.69) is 10.3 Å². The number of anilines is 1. The van der Waals surface area contributed by atoms with Gasteiger partial charge in [-0.3, -0.25) is 19.1 Å². The Hall–Kier alpha value is -3.32. The first-order chi connectivity index (χ1) is 14.0. The van der Waals surface area contributed by atoms with Gasteiger partial charge in [-0.25, -0.2) is 4.79 Å². The van der Waals surface area contributed by atoms with E-state index in [0.29, 0.717) is 28.2 Å². The predicted molar refractivity (Wildman–Crippen MR) is 114 cm³/mol. The van der Waals surface area contributed by atoms with Crippen LogP contribution in [0.4, 0.5) is 5.82 Å². The molecule has 3 aromatic rings. The monoisotopic (exact) mass is 403 g/mol. The third-order valence-corrected chi connectivity index (χ3v) is 6.33. The second-order valence-corrected chi connectivity index (χ2v) is 7.95. The van der Waals surface area contributed by atoms with E-state index in [1.165, 1.54) is 4.57 Å². The van der Waals surface area contributed by atoms with Crippen molar-refractivity contribution in [1.82, 2.24) is 9.55 Å². The lowest BCUT2D eigenvalue weighted by molar-refractivity contribution is 0.103. The summed E-state index contributed by atoms with van der Waals surface area (Å²) in [5.74, 6) is -0.241. The van der Waals surface area contributed by atoms with E-state index in [4.69, 9.17) is 0 Å². The standard InChI is InChI=1S/C22H17N3O3S/c1-25-20-17(21(27)24-22(25)28)15(11-7-9-12(29-2)10-8-11)16-18(23-20)13-5-3-4-6-14(13)19(16)26/h3-10,15,23H,1-2H3,(H,24,27,28). The van der Waals surface area contributed by atoms with Gasteiger partial charge in [-0.2, -0.15) is 0 Å². The molecule has 1 aliphatic carbocycles. The minimum Gasteiger partial charge on any atom is -0.340 e. The van der Waals surface area contributed by atoms with Crippen LogP contribution in [0.1, 0.15) is 33.0 Å². The zero-order valence-electron chi connectivity index (χ0n) is 15.8. The van der Waals surface area contributed by atoms with E-state index < -0.39 is 17.2 Å². The molecule has 0 saturated carbocycles. The van der Waals surface area contributed by atoms with Crippen molar-refractivity contribution in [2.24, 2.45) is 7.05 Å². The van der Waals surface area contributed by atoms with Crippen molar-refractivity contribution in [2.75, 3.05) is 11.6 Å². The normalized spacial score (nSPS) is 16.9. The molecule has 0 amide bonds. The third kappa shape index (κ3) is 2.47. The Labute approximate surface area is 170 Å². The molecule has 1 aliphatic heterocycles. The van der Waals surface area contributed by atoms with Gasteiger partial charge < -0.3 is 5.32 Å². The van der Waals surface area contributed by atoms with Gasteiger partial charge in [0.2, 0.25) is 0 Å². The van der Waals surface area contributed by atoms with Crippen LogP contribution >= 0.6 is 11.8 Å². The van der Waals surface area contributed by atoms with Crippen LogP contribution in [-0.4, -0.2) is 21.6 Å². The van der Waals surface area contributed by atoms with Gasteiger partial charge in [-0.15, -0.1) is 11.8 Å². The van der Waals surface area contributed by atoms with Crippen molar-refractivity contribution in [3.63, 3.8) is 0 Å². The minimum atomic E-state index is -0.562. The van der Waals surface area contributed by atoms with Crippen molar-refractivity contribution in [1.29, 1.82) is 0 Å². The van der Waals surface area contributed by atoms with Crippen molar-refractivity contribution < 1.29 is 4.79 Å². The summed E-state index contributed by atoms with van der Waals surface area (Å²) in [4.78, 5) is 41.9. The molecule has 2 aliphatic rings. The fourth-order valence-corrected chi connectivity index (χ4v) is 4.57. The highest BCUT2D eigenvalue weighted by atomic mass is 32.2. The number of thioether (sulfide) groups is 1. The van der Waals surface area contributed by atoms with E-state index in [1.807, 2.05) is 48.7 Å². The zero-order valence-corrected chi connectivity index (χ0v) is 16.6. The summed E-state index contributed by atoms with van der Waals surface area (Å²) in [7, 11) is 1.60. The quantitative estimate of drug-likeness (QED) is 0.643. The zero-order chi connectivity index (χ0) is 20.3. The molecule has 29 heavy (non-hydrogen) atoms. The number of hydrogen-bond donors (Lipinski definition) is 2. The van der Waals surface area contributed by atoms with Crippen molar-refractivity contribution in [3.05, 3.63) is 97.2 Å². The third-order valence-electron chi connectivity index (χ3n) is 5.59. The number of Topliss-reactive ketones (excluding diaryl/α,β-unsaturated/α-hetero) is 1. The number of aromatic amines is 1. The van der Waals surface area contributed by atoms with Crippen molar-refractivity contribution in [3.8, 4) is 0 Å². The lowest BCUT2D eigenvalue weighted by atomic mass is 9.81. The largest absolute Gasteiger partial charge is 0.340 e. The second kappa shape index (κ2) is 6.35. The number of carbonyl (C=O) groups excluding carboxylic acids is 1. The van der Waals surface area contributed by atoms with Crippen LogP contribution < -0.4 is 16.6 Å². The van der Waals surface area contributed by atoms with E-state index in [1.54, 1.807) is 24.9 Å². The average Bonchev–Trinajstić information content (AvgIpc) is 3.03. The maximum absolute atomic E-state index is 13.3. The molecule has 2 N–H and O–H groups in total. The minimum absolute atomic E-state index is 0.0963. The number of rotatable bonds is 2. The Morgan fingerprint density at radius 1 is 0.966 bits per heavy atom. The smallest absolute Gasteiger partial charge is 0.329 e. The second-order valence-electron chi connectivity index (χ2n) is 7.08. The lowest BCUT2D eigenvalue weighted by Gasteiger charge is -2.29. The van der Waals surface area contributed by atoms with Gasteiger partial charge in [0.05, 0.1) is 11.3 Å². The van der Waals surface area contributed by atoms with Gasteiger partial charge >= 0.3 is 5.69 Å².